The molecule has 0 saturated carbocycles. The third kappa shape index (κ3) is 3.77. The lowest BCUT2D eigenvalue weighted by molar-refractivity contribution is 0.465. The summed E-state index contributed by atoms with van der Waals surface area (Å²) < 4.78 is 2.16. The molecule has 0 aliphatic rings. The van der Waals surface area contributed by atoms with Gasteiger partial charge in [0.15, 0.2) is 0 Å². The predicted molar refractivity (Wildman–Crippen MR) is 61.3 cm³/mol. The summed E-state index contributed by atoms with van der Waals surface area (Å²) in [5.74, 6) is 0. The molecule has 2 nitrogen and oxygen atoms in total. The van der Waals surface area contributed by atoms with Crippen LogP contribution in [-0.2, 0) is 0 Å². The average Bonchev–Trinajstić information content (AvgIpc) is 2.56. The number of hydrogen-bond acceptors (Lipinski definition) is 1. The fraction of sp³-hybridized carbons (Fsp3) is 0.500. The molecule has 0 amide bonds. The van der Waals surface area contributed by atoms with Gasteiger partial charge in [0.2, 0.25) is 0 Å². The molecule has 1 unspecified atom stereocenters. The maximum absolute atomic E-state index is 4.04. The highest BCUT2D eigenvalue weighted by Crippen LogP contribution is 2.17. The second-order valence-electron chi connectivity index (χ2n) is 2.98. The van der Waals surface area contributed by atoms with Crippen molar-refractivity contribution in [1.82, 2.24) is 9.55 Å². The lowest BCUT2D eigenvalue weighted by Crippen LogP contribution is -2.05. The Hall–Kier alpha value is -0.570. The third-order valence-electron chi connectivity index (χ3n) is 2.01. The highest BCUT2D eigenvalue weighted by molar-refractivity contribution is 8.93. The normalized spacial score (nSPS) is 11.8. The maximum atomic E-state index is 4.04. The minimum Gasteiger partial charge on any atom is -0.334 e. The number of rotatable bonds is 5. The number of halogens is 1. The van der Waals surface area contributed by atoms with Crippen molar-refractivity contribution >= 4 is 17.0 Å². The van der Waals surface area contributed by atoms with Crippen LogP contribution in [0.3, 0.4) is 0 Å². The van der Waals surface area contributed by atoms with E-state index in [-0.39, 0.29) is 17.0 Å². The Balaban J connectivity index is 0.00000144. The van der Waals surface area contributed by atoms with E-state index < -0.39 is 0 Å². The second kappa shape index (κ2) is 6.89. The summed E-state index contributed by atoms with van der Waals surface area (Å²) in [5, 5.41) is 0. The zero-order chi connectivity index (χ0) is 8.81. The lowest BCUT2D eigenvalue weighted by atomic mass is 10.1. The fourth-order valence-corrected chi connectivity index (χ4v) is 1.40. The van der Waals surface area contributed by atoms with Gasteiger partial charge >= 0.3 is 0 Å². The van der Waals surface area contributed by atoms with Crippen molar-refractivity contribution in [1.29, 1.82) is 0 Å². The third-order valence-corrected chi connectivity index (χ3v) is 2.01. The Morgan fingerprint density at radius 3 is 2.85 bits per heavy atom. The predicted octanol–water partition coefficient (Wildman–Crippen LogP) is 3.38. The molecule has 3 heteroatoms. The molecule has 0 bridgehead atoms. The summed E-state index contributed by atoms with van der Waals surface area (Å²) in [7, 11) is 0. The van der Waals surface area contributed by atoms with E-state index in [0.29, 0.717) is 6.04 Å². The molecule has 0 saturated heterocycles. The van der Waals surface area contributed by atoms with E-state index in [0.717, 1.165) is 6.42 Å². The Kier molecular flexibility index (Phi) is 6.59. The molecular formula is C10H17BrN2. The summed E-state index contributed by atoms with van der Waals surface area (Å²) in [6.45, 7) is 5.96. The van der Waals surface area contributed by atoms with Crippen molar-refractivity contribution in [2.24, 2.45) is 0 Å². The quantitative estimate of drug-likeness (QED) is 0.727. The smallest absolute Gasteiger partial charge is 0.0948 e. The first-order chi connectivity index (χ1) is 5.88. The number of allylic oxidation sites excluding steroid dienone is 1. The van der Waals surface area contributed by atoms with Gasteiger partial charge in [0.25, 0.3) is 0 Å². The zero-order valence-corrected chi connectivity index (χ0v) is 9.73. The minimum atomic E-state index is 0. The van der Waals surface area contributed by atoms with Gasteiger partial charge in [-0.25, -0.2) is 4.98 Å². The summed E-state index contributed by atoms with van der Waals surface area (Å²) >= 11 is 0. The van der Waals surface area contributed by atoms with Crippen LogP contribution in [0.1, 0.15) is 32.2 Å². The number of hydrogen-bond donors (Lipinski definition) is 0. The van der Waals surface area contributed by atoms with Crippen molar-refractivity contribution in [2.45, 2.75) is 32.2 Å². The van der Waals surface area contributed by atoms with Gasteiger partial charge in [-0.15, -0.1) is 23.6 Å². The van der Waals surface area contributed by atoms with Crippen molar-refractivity contribution in [3.63, 3.8) is 0 Å². The largest absolute Gasteiger partial charge is 0.334 e. The molecule has 0 fully saturated rings. The van der Waals surface area contributed by atoms with Gasteiger partial charge in [-0.3, -0.25) is 0 Å². The van der Waals surface area contributed by atoms with Crippen LogP contribution in [0.15, 0.2) is 31.4 Å². The van der Waals surface area contributed by atoms with Gasteiger partial charge in [-0.05, 0) is 12.8 Å². The van der Waals surface area contributed by atoms with Crippen LogP contribution in [0.25, 0.3) is 0 Å². The van der Waals surface area contributed by atoms with E-state index in [1.807, 2.05) is 24.8 Å². The number of imidazole rings is 1. The molecule has 1 heterocycles. The molecule has 1 atom stereocenters. The second-order valence-corrected chi connectivity index (χ2v) is 2.98. The molecule has 1 aromatic rings. The first-order valence-corrected chi connectivity index (χ1v) is 4.46. The van der Waals surface area contributed by atoms with Crippen LogP contribution in [-0.4, -0.2) is 9.55 Å². The van der Waals surface area contributed by atoms with Crippen LogP contribution in [0, 0.1) is 0 Å². The van der Waals surface area contributed by atoms with E-state index in [4.69, 9.17) is 0 Å². The minimum absolute atomic E-state index is 0. The van der Waals surface area contributed by atoms with E-state index in [1.54, 1.807) is 0 Å². The molecule has 0 aromatic carbocycles. The van der Waals surface area contributed by atoms with E-state index in [1.165, 1.54) is 12.8 Å². The molecular weight excluding hydrogens is 228 g/mol. The molecule has 1 rings (SSSR count). The first-order valence-electron chi connectivity index (χ1n) is 4.46. The summed E-state index contributed by atoms with van der Waals surface area (Å²) in [5.41, 5.74) is 0. The van der Waals surface area contributed by atoms with Gasteiger partial charge in [0.05, 0.1) is 6.33 Å². The monoisotopic (exact) mass is 244 g/mol. The molecule has 0 aliphatic heterocycles. The average molecular weight is 245 g/mol. The number of nitrogens with zero attached hydrogens (tertiary/aromatic N) is 2. The van der Waals surface area contributed by atoms with Crippen LogP contribution >= 0.6 is 17.0 Å². The summed E-state index contributed by atoms with van der Waals surface area (Å²) in [6, 6.07) is 0.551. The van der Waals surface area contributed by atoms with Crippen molar-refractivity contribution < 1.29 is 0 Å². The van der Waals surface area contributed by atoms with E-state index >= 15 is 0 Å². The molecule has 0 spiro atoms. The Labute approximate surface area is 90.4 Å². The first kappa shape index (κ1) is 12.4. The molecule has 74 valence electrons. The van der Waals surface area contributed by atoms with Crippen LogP contribution in [0.5, 0.6) is 0 Å². The van der Waals surface area contributed by atoms with Crippen LogP contribution in [0.2, 0.25) is 0 Å². The van der Waals surface area contributed by atoms with Gasteiger partial charge in [-0.2, -0.15) is 0 Å². The van der Waals surface area contributed by atoms with Crippen molar-refractivity contribution in [3.05, 3.63) is 31.4 Å². The molecule has 0 N–H and O–H groups in total. The molecule has 0 radical (unpaired) electrons. The van der Waals surface area contributed by atoms with Crippen molar-refractivity contribution in [3.8, 4) is 0 Å². The Morgan fingerprint density at radius 1 is 1.62 bits per heavy atom. The van der Waals surface area contributed by atoms with Crippen LogP contribution < -0.4 is 0 Å². The van der Waals surface area contributed by atoms with Crippen LogP contribution in [0.4, 0.5) is 0 Å². The summed E-state index contributed by atoms with van der Waals surface area (Å²) in [6.07, 6.45) is 11.1. The molecule has 0 aliphatic carbocycles. The zero-order valence-electron chi connectivity index (χ0n) is 8.02. The fourth-order valence-electron chi connectivity index (χ4n) is 1.40. The maximum Gasteiger partial charge on any atom is 0.0948 e. The molecule has 1 aromatic heterocycles. The number of aromatic nitrogens is 2. The van der Waals surface area contributed by atoms with Gasteiger partial charge in [0, 0.05) is 18.4 Å². The van der Waals surface area contributed by atoms with E-state index in [9.17, 15) is 0 Å². The van der Waals surface area contributed by atoms with Gasteiger partial charge in [0.1, 0.15) is 0 Å². The van der Waals surface area contributed by atoms with Gasteiger partial charge < -0.3 is 4.57 Å². The van der Waals surface area contributed by atoms with Crippen molar-refractivity contribution in [2.75, 3.05) is 0 Å². The topological polar surface area (TPSA) is 17.8 Å². The SMILES string of the molecule is Br.C=CCC(CCC)n1ccnc1. The molecule has 13 heavy (non-hydrogen) atoms. The van der Waals surface area contributed by atoms with E-state index in [2.05, 4.69) is 23.1 Å². The van der Waals surface area contributed by atoms with Gasteiger partial charge in [-0.1, -0.05) is 19.4 Å². The standard InChI is InChI=1S/C10H16N2.BrH/c1-3-5-10(6-4-2)12-8-7-11-9-12;/h3,7-10H,1,4-6H2,2H3;1H. The highest BCUT2D eigenvalue weighted by atomic mass is 79.9. The Bertz CT molecular complexity index is 219. The summed E-state index contributed by atoms with van der Waals surface area (Å²) in [4.78, 5) is 4.04. The Morgan fingerprint density at radius 2 is 2.38 bits per heavy atom. The highest BCUT2D eigenvalue weighted by Gasteiger charge is 2.05. The lowest BCUT2D eigenvalue weighted by Gasteiger charge is -2.14.